The first-order valence-electron chi connectivity index (χ1n) is 13.1. The lowest BCUT2D eigenvalue weighted by atomic mass is 9.90. The van der Waals surface area contributed by atoms with Crippen LogP contribution in [0.1, 0.15) is 46.0 Å². The van der Waals surface area contributed by atoms with Crippen molar-refractivity contribution in [2.24, 2.45) is 5.92 Å². The average Bonchev–Trinajstić information content (AvgIpc) is 2.88. The van der Waals surface area contributed by atoms with E-state index < -0.39 is 22.0 Å². The van der Waals surface area contributed by atoms with Crippen molar-refractivity contribution in [3.8, 4) is 0 Å². The first-order valence-corrected chi connectivity index (χ1v) is 14.8. The lowest BCUT2D eigenvalue weighted by molar-refractivity contribution is -0.146. The number of nitrogens with one attached hydrogen (secondary N) is 1. The van der Waals surface area contributed by atoms with Crippen molar-refractivity contribution >= 4 is 27.6 Å². The minimum Gasteiger partial charge on any atom is -0.465 e. The second kappa shape index (κ2) is 13.9. The minimum atomic E-state index is -3.55. The summed E-state index contributed by atoms with van der Waals surface area (Å²) in [6.07, 6.45) is 6.78. The van der Waals surface area contributed by atoms with E-state index in [1.807, 2.05) is 24.0 Å². The summed E-state index contributed by atoms with van der Waals surface area (Å²) in [6.45, 7) is 8.93. The molecule has 1 amide bonds. The molecule has 0 radical (unpaired) electrons. The summed E-state index contributed by atoms with van der Waals surface area (Å²) in [4.78, 5) is 35.9. The largest absolute Gasteiger partial charge is 0.465 e. The quantitative estimate of drug-likeness (QED) is 0.410. The zero-order valence-electron chi connectivity index (χ0n) is 21.6. The average molecular weight is 524 g/mol. The van der Waals surface area contributed by atoms with Crippen LogP contribution in [0.3, 0.4) is 0 Å². The summed E-state index contributed by atoms with van der Waals surface area (Å²) in [5.74, 6) is -0.236. The summed E-state index contributed by atoms with van der Waals surface area (Å²) in [7, 11) is -3.55. The number of nitrogens with zero attached hydrogens (tertiary/aromatic N) is 4. The number of pyridine rings is 1. The fraction of sp³-hybridized carbons (Fsp3) is 0.720. The predicted octanol–water partition coefficient (Wildman–Crippen LogP) is 1.48. The number of amides is 1. The van der Waals surface area contributed by atoms with Crippen molar-refractivity contribution < 1.29 is 22.7 Å². The van der Waals surface area contributed by atoms with E-state index in [1.165, 1.54) is 0 Å². The Balaban J connectivity index is 1.44. The Labute approximate surface area is 215 Å². The van der Waals surface area contributed by atoms with E-state index in [0.29, 0.717) is 32.5 Å². The summed E-state index contributed by atoms with van der Waals surface area (Å²) in [5, 5.41) is 0. The van der Waals surface area contributed by atoms with E-state index in [-0.39, 0.29) is 24.2 Å². The van der Waals surface area contributed by atoms with E-state index in [4.69, 9.17) is 4.74 Å². The summed E-state index contributed by atoms with van der Waals surface area (Å²) in [6, 6.07) is 3.14. The zero-order chi connectivity index (χ0) is 26.0. The molecule has 0 bridgehead atoms. The van der Waals surface area contributed by atoms with Gasteiger partial charge in [0.25, 0.3) is 0 Å². The Morgan fingerprint density at radius 1 is 1.08 bits per heavy atom. The number of unbranched alkanes of at least 4 members (excludes halogenated alkanes) is 1. The number of carbonyl (C=O) groups excluding carboxylic acids is 2. The molecule has 0 spiro atoms. The number of anilines is 1. The summed E-state index contributed by atoms with van der Waals surface area (Å²) < 4.78 is 32.5. The van der Waals surface area contributed by atoms with E-state index >= 15 is 0 Å². The number of esters is 1. The van der Waals surface area contributed by atoms with Crippen molar-refractivity contribution in [2.45, 2.75) is 52.0 Å². The van der Waals surface area contributed by atoms with E-state index in [2.05, 4.69) is 19.5 Å². The third-order valence-electron chi connectivity index (χ3n) is 6.95. The Morgan fingerprint density at radius 3 is 2.36 bits per heavy atom. The van der Waals surface area contributed by atoms with Crippen LogP contribution in [-0.4, -0.2) is 99.3 Å². The van der Waals surface area contributed by atoms with Crippen molar-refractivity contribution in [3.05, 3.63) is 24.5 Å². The SMILES string of the molecule is CCCCS(=O)(=O)NC(CC1CCN(C(=O)CN2CCN(c3ccncc3)CC2)CC1)C(=O)OCC. The normalized spacial score (nSPS) is 18.7. The van der Waals surface area contributed by atoms with Gasteiger partial charge in [-0.25, -0.2) is 13.1 Å². The van der Waals surface area contributed by atoms with Crippen LogP contribution in [0, 0.1) is 5.92 Å². The minimum absolute atomic E-state index is 0.00314. The van der Waals surface area contributed by atoms with Crippen molar-refractivity contribution in [1.29, 1.82) is 0 Å². The highest BCUT2D eigenvalue weighted by atomic mass is 32.2. The molecule has 3 heterocycles. The number of likely N-dealkylation sites (tertiary alicyclic amines) is 1. The van der Waals surface area contributed by atoms with Crippen LogP contribution in [0.4, 0.5) is 5.69 Å². The molecule has 202 valence electrons. The number of piperidine rings is 1. The molecule has 1 aromatic rings. The molecule has 1 unspecified atom stereocenters. The first-order chi connectivity index (χ1) is 17.3. The number of ether oxygens (including phenoxy) is 1. The third-order valence-corrected chi connectivity index (χ3v) is 8.42. The molecule has 1 N–H and O–H groups in total. The molecular formula is C25H41N5O5S. The van der Waals surface area contributed by atoms with Gasteiger partial charge < -0.3 is 14.5 Å². The molecule has 0 saturated carbocycles. The maximum absolute atomic E-state index is 12.9. The topological polar surface area (TPSA) is 112 Å². The van der Waals surface area contributed by atoms with Gasteiger partial charge in [-0.3, -0.25) is 19.5 Å². The second-order valence-electron chi connectivity index (χ2n) is 9.62. The molecule has 2 saturated heterocycles. The molecule has 3 rings (SSSR count). The van der Waals surface area contributed by atoms with Crippen LogP contribution >= 0.6 is 0 Å². The van der Waals surface area contributed by atoms with Crippen molar-refractivity contribution in [1.82, 2.24) is 19.5 Å². The lowest BCUT2D eigenvalue weighted by Crippen LogP contribution is -2.51. The molecule has 10 nitrogen and oxygen atoms in total. The smallest absolute Gasteiger partial charge is 0.324 e. The monoisotopic (exact) mass is 523 g/mol. The van der Waals surface area contributed by atoms with Gasteiger partial charge in [-0.1, -0.05) is 13.3 Å². The van der Waals surface area contributed by atoms with Crippen LogP contribution in [-0.2, 0) is 24.3 Å². The van der Waals surface area contributed by atoms with Crippen LogP contribution in [0.15, 0.2) is 24.5 Å². The summed E-state index contributed by atoms with van der Waals surface area (Å²) in [5.41, 5.74) is 1.16. The number of aromatic nitrogens is 1. The number of rotatable bonds is 12. The van der Waals surface area contributed by atoms with E-state index in [1.54, 1.807) is 19.3 Å². The van der Waals surface area contributed by atoms with Gasteiger partial charge in [0.05, 0.1) is 18.9 Å². The van der Waals surface area contributed by atoms with Crippen LogP contribution < -0.4 is 9.62 Å². The lowest BCUT2D eigenvalue weighted by Gasteiger charge is -2.38. The molecule has 0 aliphatic carbocycles. The van der Waals surface area contributed by atoms with Gasteiger partial charge in [-0.05, 0) is 50.7 Å². The fourth-order valence-corrected chi connectivity index (χ4v) is 6.22. The molecule has 1 aromatic heterocycles. The standard InChI is InChI=1S/C25H41N5O5S/c1-3-5-18-36(33,34)27-23(25(32)35-4-2)19-21-8-12-30(13-9-21)24(31)20-28-14-16-29(17-15-28)22-6-10-26-11-7-22/h6-7,10-11,21,23,27H,3-5,8-9,12-20H2,1-2H3. The van der Waals surface area contributed by atoms with Gasteiger partial charge in [-0.15, -0.1) is 0 Å². The Morgan fingerprint density at radius 2 is 1.75 bits per heavy atom. The molecule has 1 atom stereocenters. The highest BCUT2D eigenvalue weighted by Gasteiger charge is 2.31. The zero-order valence-corrected chi connectivity index (χ0v) is 22.4. The van der Waals surface area contributed by atoms with Gasteiger partial charge in [-0.2, -0.15) is 0 Å². The number of hydrogen-bond donors (Lipinski definition) is 1. The maximum Gasteiger partial charge on any atom is 0.324 e. The van der Waals surface area contributed by atoms with Gasteiger partial charge in [0.15, 0.2) is 0 Å². The molecule has 36 heavy (non-hydrogen) atoms. The van der Waals surface area contributed by atoms with E-state index in [9.17, 15) is 18.0 Å². The Hall–Kier alpha value is -2.24. The highest BCUT2D eigenvalue weighted by Crippen LogP contribution is 2.23. The number of sulfonamides is 1. The molecular weight excluding hydrogens is 482 g/mol. The Kier molecular flexibility index (Phi) is 10.9. The fourth-order valence-electron chi connectivity index (χ4n) is 4.81. The van der Waals surface area contributed by atoms with Gasteiger partial charge in [0.1, 0.15) is 6.04 Å². The van der Waals surface area contributed by atoms with Gasteiger partial charge in [0.2, 0.25) is 15.9 Å². The maximum atomic E-state index is 12.9. The second-order valence-corrected chi connectivity index (χ2v) is 11.5. The number of carbonyl (C=O) groups is 2. The van der Waals surface area contributed by atoms with Crippen molar-refractivity contribution in [2.75, 3.05) is 63.1 Å². The molecule has 2 fully saturated rings. The molecule has 2 aliphatic heterocycles. The third kappa shape index (κ3) is 8.70. The number of piperazine rings is 1. The van der Waals surface area contributed by atoms with Gasteiger partial charge >= 0.3 is 5.97 Å². The molecule has 2 aliphatic rings. The Bertz CT molecular complexity index is 929. The predicted molar refractivity (Wildman–Crippen MR) is 139 cm³/mol. The first kappa shape index (κ1) is 28.3. The number of hydrogen-bond acceptors (Lipinski definition) is 8. The van der Waals surface area contributed by atoms with Crippen LogP contribution in [0.5, 0.6) is 0 Å². The van der Waals surface area contributed by atoms with Gasteiger partial charge in [0, 0.05) is 57.3 Å². The highest BCUT2D eigenvalue weighted by molar-refractivity contribution is 7.89. The molecule has 0 aromatic carbocycles. The molecule has 11 heteroatoms. The van der Waals surface area contributed by atoms with Crippen LogP contribution in [0.2, 0.25) is 0 Å². The van der Waals surface area contributed by atoms with Crippen molar-refractivity contribution in [3.63, 3.8) is 0 Å². The van der Waals surface area contributed by atoms with Crippen LogP contribution in [0.25, 0.3) is 0 Å². The van der Waals surface area contributed by atoms with E-state index in [0.717, 1.165) is 51.1 Å². The summed E-state index contributed by atoms with van der Waals surface area (Å²) >= 11 is 0.